The minimum Gasteiger partial charge on any atom is -0.393 e. The average molecular weight is 393 g/mol. The molecular weight excluding hydrogens is 349 g/mol. The molecule has 0 heterocycles. The third-order valence-electron chi connectivity index (χ3n) is 7.18. The Morgan fingerprint density at radius 1 is 1.07 bits per heavy atom. The van der Waals surface area contributed by atoms with Crippen molar-refractivity contribution in [2.24, 2.45) is 29.1 Å². The molecule has 0 amide bonds. The Labute approximate surface area is 165 Å². The molecule has 1 saturated carbocycles. The summed E-state index contributed by atoms with van der Waals surface area (Å²) in [5.41, 5.74) is 0.0301. The summed E-state index contributed by atoms with van der Waals surface area (Å²) in [6.07, 6.45) is 4.85. The topological polar surface area (TPSA) is 20.2 Å². The van der Waals surface area contributed by atoms with Gasteiger partial charge in [-0.25, -0.2) is 0 Å². The first-order valence-electron chi connectivity index (χ1n) is 11.2. The van der Waals surface area contributed by atoms with Crippen molar-refractivity contribution in [1.82, 2.24) is 0 Å². The molecule has 0 bridgehead atoms. The Morgan fingerprint density at radius 2 is 1.70 bits per heavy atom. The zero-order valence-corrected chi connectivity index (χ0v) is 18.2. The summed E-state index contributed by atoms with van der Waals surface area (Å²) in [7, 11) is 0. The third-order valence-corrected chi connectivity index (χ3v) is 7.18. The second-order valence-corrected chi connectivity index (χ2v) is 9.86. The minimum absolute atomic E-state index is 0.0301. The molecule has 0 aromatic rings. The van der Waals surface area contributed by atoms with Gasteiger partial charge in [0.2, 0.25) is 0 Å². The molecule has 0 saturated heterocycles. The van der Waals surface area contributed by atoms with Crippen LogP contribution in [0.25, 0.3) is 0 Å². The molecule has 0 aromatic carbocycles. The van der Waals surface area contributed by atoms with Gasteiger partial charge in [-0.15, -0.1) is 0 Å². The second kappa shape index (κ2) is 11.1. The van der Waals surface area contributed by atoms with Gasteiger partial charge in [-0.2, -0.15) is 13.2 Å². The molecule has 1 aliphatic carbocycles. The van der Waals surface area contributed by atoms with Gasteiger partial charge >= 0.3 is 6.18 Å². The van der Waals surface area contributed by atoms with E-state index in [1.807, 2.05) is 6.92 Å². The van der Waals surface area contributed by atoms with Gasteiger partial charge in [0.05, 0.1) is 12.0 Å². The first kappa shape index (κ1) is 24.8. The predicted octanol–water partition coefficient (Wildman–Crippen LogP) is 7.77. The maximum atomic E-state index is 13.7. The maximum Gasteiger partial charge on any atom is 0.391 e. The van der Waals surface area contributed by atoms with Crippen LogP contribution in [-0.4, -0.2) is 17.4 Å². The largest absolute Gasteiger partial charge is 0.393 e. The van der Waals surface area contributed by atoms with Gasteiger partial charge in [-0.05, 0) is 81.5 Å². The van der Waals surface area contributed by atoms with E-state index in [1.165, 1.54) is 6.42 Å². The van der Waals surface area contributed by atoms with Crippen molar-refractivity contribution in [3.05, 3.63) is 0 Å². The highest BCUT2D eigenvalue weighted by molar-refractivity contribution is 4.85. The van der Waals surface area contributed by atoms with Gasteiger partial charge in [-0.3, -0.25) is 0 Å². The second-order valence-electron chi connectivity index (χ2n) is 9.86. The maximum absolute atomic E-state index is 13.7. The fourth-order valence-electron chi connectivity index (χ4n) is 5.09. The van der Waals surface area contributed by atoms with Crippen molar-refractivity contribution in [2.45, 2.75) is 118 Å². The molecule has 4 heteroatoms. The van der Waals surface area contributed by atoms with Crippen molar-refractivity contribution in [1.29, 1.82) is 0 Å². The highest BCUT2D eigenvalue weighted by atomic mass is 19.4. The van der Waals surface area contributed by atoms with Crippen molar-refractivity contribution in [3.63, 3.8) is 0 Å². The SMILES string of the molecule is CCCCCC1(C)CCC(C)C(CCC(C)O)C(C)CC(C(F)(F)F)CC1. The molecule has 6 unspecified atom stereocenters. The van der Waals surface area contributed by atoms with Crippen LogP contribution in [0, 0.1) is 29.1 Å². The Balaban J connectivity index is 2.97. The van der Waals surface area contributed by atoms with Crippen LogP contribution in [0.2, 0.25) is 0 Å². The van der Waals surface area contributed by atoms with E-state index in [0.717, 1.165) is 38.5 Å². The van der Waals surface area contributed by atoms with Crippen molar-refractivity contribution in [2.75, 3.05) is 0 Å². The van der Waals surface area contributed by atoms with Crippen LogP contribution in [0.15, 0.2) is 0 Å². The number of hydrogen-bond acceptors (Lipinski definition) is 1. The molecule has 27 heavy (non-hydrogen) atoms. The first-order chi connectivity index (χ1) is 12.5. The number of halogens is 3. The highest BCUT2D eigenvalue weighted by Crippen LogP contribution is 2.46. The predicted molar refractivity (Wildman–Crippen MR) is 108 cm³/mol. The first-order valence-corrected chi connectivity index (χ1v) is 11.2. The van der Waals surface area contributed by atoms with Crippen LogP contribution in [-0.2, 0) is 0 Å². The van der Waals surface area contributed by atoms with Gasteiger partial charge in [0.25, 0.3) is 0 Å². The zero-order valence-electron chi connectivity index (χ0n) is 18.2. The number of aliphatic hydroxyl groups excluding tert-OH is 1. The van der Waals surface area contributed by atoms with Crippen molar-refractivity contribution in [3.8, 4) is 0 Å². The van der Waals surface area contributed by atoms with E-state index in [1.54, 1.807) is 6.92 Å². The van der Waals surface area contributed by atoms with E-state index in [4.69, 9.17) is 0 Å². The molecule has 6 atom stereocenters. The van der Waals surface area contributed by atoms with Crippen molar-refractivity contribution >= 4 is 0 Å². The lowest BCUT2D eigenvalue weighted by atomic mass is 9.67. The van der Waals surface area contributed by atoms with E-state index in [-0.39, 0.29) is 36.2 Å². The lowest BCUT2D eigenvalue weighted by Gasteiger charge is -2.39. The minimum atomic E-state index is -4.10. The van der Waals surface area contributed by atoms with Gasteiger partial charge in [0.1, 0.15) is 0 Å². The standard InChI is InChI=1S/C23H43F3O/c1-6-7-8-13-22(5)14-11-17(2)21(10-9-19(4)27)18(3)16-20(12-15-22)23(24,25)26/h17-21,27H,6-16H2,1-5H3. The molecule has 0 aromatic heterocycles. The quantitative estimate of drug-likeness (QED) is 0.439. The van der Waals surface area contributed by atoms with Gasteiger partial charge in [0.15, 0.2) is 0 Å². The van der Waals surface area contributed by atoms with E-state index >= 15 is 0 Å². The van der Waals surface area contributed by atoms with Gasteiger partial charge < -0.3 is 5.11 Å². The summed E-state index contributed by atoms with van der Waals surface area (Å²) in [4.78, 5) is 0. The Hall–Kier alpha value is -0.250. The van der Waals surface area contributed by atoms with Gasteiger partial charge in [0, 0.05) is 0 Å². The molecule has 1 nitrogen and oxygen atoms in total. The summed E-state index contributed by atoms with van der Waals surface area (Å²) in [6.45, 7) is 10.4. The molecule has 162 valence electrons. The number of aliphatic hydroxyl groups is 1. The Kier molecular flexibility index (Phi) is 10.2. The summed E-state index contributed by atoms with van der Waals surface area (Å²) in [6, 6.07) is 0. The molecule has 0 radical (unpaired) electrons. The summed E-state index contributed by atoms with van der Waals surface area (Å²) >= 11 is 0. The van der Waals surface area contributed by atoms with Crippen molar-refractivity contribution < 1.29 is 18.3 Å². The van der Waals surface area contributed by atoms with Crippen LogP contribution in [0.1, 0.15) is 105 Å². The average Bonchev–Trinajstić information content (AvgIpc) is 2.55. The third kappa shape index (κ3) is 8.75. The van der Waals surface area contributed by atoms with Crippen LogP contribution in [0.3, 0.4) is 0 Å². The van der Waals surface area contributed by atoms with Crippen LogP contribution < -0.4 is 0 Å². The number of rotatable bonds is 7. The molecule has 1 rings (SSSR count). The summed E-state index contributed by atoms with van der Waals surface area (Å²) in [5.74, 6) is -0.453. The van der Waals surface area contributed by atoms with E-state index in [2.05, 4.69) is 20.8 Å². The highest BCUT2D eigenvalue weighted by Gasteiger charge is 2.43. The Bertz CT molecular complexity index is 407. The number of hydrogen-bond donors (Lipinski definition) is 1. The van der Waals surface area contributed by atoms with E-state index in [0.29, 0.717) is 18.8 Å². The van der Waals surface area contributed by atoms with E-state index in [9.17, 15) is 18.3 Å². The van der Waals surface area contributed by atoms with Crippen LogP contribution in [0.4, 0.5) is 13.2 Å². The summed E-state index contributed by atoms with van der Waals surface area (Å²) < 4.78 is 41.2. The monoisotopic (exact) mass is 392 g/mol. The zero-order chi connectivity index (χ0) is 20.7. The molecular formula is C23H43F3O. The molecule has 1 fully saturated rings. The molecule has 1 aliphatic rings. The molecule has 0 spiro atoms. The van der Waals surface area contributed by atoms with Crippen LogP contribution >= 0.6 is 0 Å². The molecule has 1 N–H and O–H groups in total. The molecule has 0 aliphatic heterocycles. The smallest absolute Gasteiger partial charge is 0.391 e. The Morgan fingerprint density at radius 3 is 2.26 bits per heavy atom. The fraction of sp³-hybridized carbons (Fsp3) is 1.00. The van der Waals surface area contributed by atoms with Gasteiger partial charge in [-0.1, -0.05) is 47.0 Å². The van der Waals surface area contributed by atoms with Crippen LogP contribution in [0.5, 0.6) is 0 Å². The van der Waals surface area contributed by atoms with E-state index < -0.39 is 12.1 Å². The number of unbranched alkanes of at least 4 members (excludes halogenated alkanes) is 2. The number of alkyl halides is 3. The lowest BCUT2D eigenvalue weighted by Crippen LogP contribution is -2.33. The fourth-order valence-corrected chi connectivity index (χ4v) is 5.09. The summed E-state index contributed by atoms with van der Waals surface area (Å²) in [5, 5.41) is 9.69. The lowest BCUT2D eigenvalue weighted by molar-refractivity contribution is -0.184. The normalized spacial score (nSPS) is 35.0.